The fourth-order valence-corrected chi connectivity index (χ4v) is 1.58. The summed E-state index contributed by atoms with van der Waals surface area (Å²) >= 11 is 11.6. The maximum Gasteiger partial charge on any atom is 0.139 e. The van der Waals surface area contributed by atoms with Crippen molar-refractivity contribution < 1.29 is 5.11 Å². The van der Waals surface area contributed by atoms with Crippen LogP contribution < -0.4 is 5.73 Å². The normalized spacial score (nSPS) is 14.9. The van der Waals surface area contributed by atoms with Crippen molar-refractivity contribution in [2.75, 3.05) is 0 Å². The minimum absolute atomic E-state index is 0.0547. The van der Waals surface area contributed by atoms with Gasteiger partial charge in [-0.15, -0.1) is 6.58 Å². The molecule has 4 heteroatoms. The summed E-state index contributed by atoms with van der Waals surface area (Å²) in [6, 6.07) is 3.03. The average molecular weight is 232 g/mol. The van der Waals surface area contributed by atoms with Crippen LogP contribution in [0.25, 0.3) is 0 Å². The lowest BCUT2D eigenvalue weighted by Crippen LogP contribution is -2.30. The van der Waals surface area contributed by atoms with Crippen molar-refractivity contribution in [3.8, 4) is 5.75 Å². The molecule has 1 rings (SSSR count). The number of phenols is 1. The van der Waals surface area contributed by atoms with Crippen molar-refractivity contribution in [3.05, 3.63) is 40.4 Å². The van der Waals surface area contributed by atoms with E-state index in [0.717, 1.165) is 0 Å². The molecule has 0 saturated carbocycles. The molecule has 0 amide bonds. The Morgan fingerprint density at radius 2 is 2.07 bits per heavy atom. The van der Waals surface area contributed by atoms with Gasteiger partial charge in [0.15, 0.2) is 0 Å². The van der Waals surface area contributed by atoms with Crippen LogP contribution in [-0.2, 0) is 5.54 Å². The fourth-order valence-electron chi connectivity index (χ4n) is 1.09. The van der Waals surface area contributed by atoms with E-state index < -0.39 is 5.54 Å². The summed E-state index contributed by atoms with van der Waals surface area (Å²) in [6.45, 7) is 5.30. The van der Waals surface area contributed by atoms with E-state index in [9.17, 15) is 5.11 Å². The third kappa shape index (κ3) is 2.03. The lowest BCUT2D eigenvalue weighted by molar-refractivity contribution is 0.452. The molecule has 2 nitrogen and oxygen atoms in total. The number of phenolic OH excluding ortho intramolecular Hbond substituents is 1. The van der Waals surface area contributed by atoms with Gasteiger partial charge in [-0.1, -0.05) is 29.3 Å². The number of hydrogen-bond acceptors (Lipinski definition) is 2. The number of benzene rings is 1. The number of rotatable bonds is 2. The van der Waals surface area contributed by atoms with Gasteiger partial charge in [0, 0.05) is 10.6 Å². The first-order valence-corrected chi connectivity index (χ1v) is 4.75. The highest BCUT2D eigenvalue weighted by Crippen LogP contribution is 2.36. The maximum absolute atomic E-state index is 9.67. The number of halogens is 2. The molecule has 0 unspecified atom stereocenters. The zero-order valence-corrected chi connectivity index (χ0v) is 9.23. The molecule has 0 saturated heterocycles. The van der Waals surface area contributed by atoms with E-state index in [4.69, 9.17) is 28.9 Å². The van der Waals surface area contributed by atoms with Crippen molar-refractivity contribution in [1.29, 1.82) is 0 Å². The fraction of sp³-hybridized carbons (Fsp3) is 0.200. The first-order valence-electron chi connectivity index (χ1n) is 3.99. The van der Waals surface area contributed by atoms with E-state index in [1.807, 2.05) is 0 Å². The van der Waals surface area contributed by atoms with Crippen LogP contribution in [0.4, 0.5) is 0 Å². The van der Waals surface area contributed by atoms with Crippen LogP contribution in [-0.4, -0.2) is 5.11 Å². The lowest BCUT2D eigenvalue weighted by atomic mass is 9.92. The molecule has 1 aromatic rings. The molecule has 0 aromatic heterocycles. The summed E-state index contributed by atoms with van der Waals surface area (Å²) in [5, 5.41) is 10.3. The van der Waals surface area contributed by atoms with E-state index >= 15 is 0 Å². The average Bonchev–Trinajstić information content (AvgIpc) is 2.11. The molecule has 0 aliphatic heterocycles. The Morgan fingerprint density at radius 1 is 1.50 bits per heavy atom. The quantitative estimate of drug-likeness (QED) is 0.769. The van der Waals surface area contributed by atoms with Crippen LogP contribution in [0.3, 0.4) is 0 Å². The highest BCUT2D eigenvalue weighted by molar-refractivity contribution is 6.35. The number of nitrogens with two attached hydrogens (primary N) is 1. The zero-order valence-electron chi connectivity index (χ0n) is 7.72. The van der Waals surface area contributed by atoms with Gasteiger partial charge < -0.3 is 10.8 Å². The Morgan fingerprint density at radius 3 is 2.57 bits per heavy atom. The van der Waals surface area contributed by atoms with Crippen molar-refractivity contribution in [2.45, 2.75) is 12.5 Å². The molecule has 0 bridgehead atoms. The Kier molecular flexibility index (Phi) is 3.10. The zero-order chi connectivity index (χ0) is 10.9. The Labute approximate surface area is 92.9 Å². The van der Waals surface area contributed by atoms with Crippen molar-refractivity contribution in [2.24, 2.45) is 5.73 Å². The van der Waals surface area contributed by atoms with Crippen molar-refractivity contribution in [1.82, 2.24) is 0 Å². The molecule has 0 heterocycles. The molecule has 3 N–H and O–H groups in total. The third-order valence-electron chi connectivity index (χ3n) is 2.03. The molecule has 0 fully saturated rings. The summed E-state index contributed by atoms with van der Waals surface area (Å²) in [5.41, 5.74) is 5.49. The third-order valence-corrected chi connectivity index (χ3v) is 2.54. The molecular formula is C10H11Cl2NO. The summed E-state index contributed by atoms with van der Waals surface area (Å²) in [5.74, 6) is -0.0547. The van der Waals surface area contributed by atoms with Crippen LogP contribution in [0, 0.1) is 0 Å². The molecule has 0 aliphatic carbocycles. The first-order chi connectivity index (χ1) is 6.38. The largest absolute Gasteiger partial charge is 0.506 e. The van der Waals surface area contributed by atoms with Gasteiger partial charge in [-0.05, 0) is 19.1 Å². The Balaban J connectivity index is 3.41. The highest BCUT2D eigenvalue weighted by atomic mass is 35.5. The molecule has 76 valence electrons. The van der Waals surface area contributed by atoms with E-state index in [-0.39, 0.29) is 10.8 Å². The minimum Gasteiger partial charge on any atom is -0.506 e. The van der Waals surface area contributed by atoms with E-state index in [0.29, 0.717) is 10.6 Å². The number of hydrogen-bond donors (Lipinski definition) is 2. The summed E-state index contributed by atoms with van der Waals surface area (Å²) in [7, 11) is 0. The lowest BCUT2D eigenvalue weighted by Gasteiger charge is -2.22. The standard InChI is InChI=1S/C10H11Cl2NO/c1-3-10(2,13)7-4-6(11)5-8(12)9(7)14/h3-5,14H,1,13H2,2H3/t10-/m0/s1. The van der Waals surface area contributed by atoms with Crippen LogP contribution in [0.1, 0.15) is 12.5 Å². The molecule has 1 aromatic carbocycles. The highest BCUT2D eigenvalue weighted by Gasteiger charge is 2.22. The summed E-state index contributed by atoms with van der Waals surface area (Å²) in [4.78, 5) is 0. The van der Waals surface area contributed by atoms with Gasteiger partial charge >= 0.3 is 0 Å². The van der Waals surface area contributed by atoms with Gasteiger partial charge in [0.2, 0.25) is 0 Å². The van der Waals surface area contributed by atoms with Gasteiger partial charge in [0.05, 0.1) is 10.6 Å². The van der Waals surface area contributed by atoms with Crippen LogP contribution >= 0.6 is 23.2 Å². The van der Waals surface area contributed by atoms with Crippen molar-refractivity contribution >= 4 is 23.2 Å². The molecule has 14 heavy (non-hydrogen) atoms. The predicted octanol–water partition coefficient (Wildman–Crippen LogP) is 3.06. The van der Waals surface area contributed by atoms with E-state index in [1.54, 1.807) is 13.0 Å². The second-order valence-corrected chi connectivity index (χ2v) is 4.11. The molecule has 0 spiro atoms. The van der Waals surface area contributed by atoms with E-state index in [1.165, 1.54) is 12.1 Å². The summed E-state index contributed by atoms with van der Waals surface area (Å²) in [6.07, 6.45) is 1.52. The van der Waals surface area contributed by atoms with Gasteiger partial charge in [0.1, 0.15) is 5.75 Å². The van der Waals surface area contributed by atoms with Gasteiger partial charge in [-0.3, -0.25) is 0 Å². The maximum atomic E-state index is 9.67. The predicted molar refractivity (Wildman–Crippen MR) is 59.9 cm³/mol. The molecule has 0 radical (unpaired) electrons. The monoisotopic (exact) mass is 231 g/mol. The van der Waals surface area contributed by atoms with Gasteiger partial charge in [-0.2, -0.15) is 0 Å². The second-order valence-electron chi connectivity index (χ2n) is 3.27. The van der Waals surface area contributed by atoms with Crippen LogP contribution in [0.2, 0.25) is 10.0 Å². The number of aromatic hydroxyl groups is 1. The Hall–Kier alpha value is -0.700. The SMILES string of the molecule is C=C[C@](C)(N)c1cc(Cl)cc(Cl)c1O. The minimum atomic E-state index is -0.849. The first kappa shape index (κ1) is 11.4. The second kappa shape index (κ2) is 3.81. The molecule has 0 aliphatic rings. The van der Waals surface area contributed by atoms with Gasteiger partial charge in [0.25, 0.3) is 0 Å². The Bertz CT molecular complexity index is 375. The summed E-state index contributed by atoms with van der Waals surface area (Å²) < 4.78 is 0. The van der Waals surface area contributed by atoms with Crippen molar-refractivity contribution in [3.63, 3.8) is 0 Å². The van der Waals surface area contributed by atoms with Crippen LogP contribution in [0.5, 0.6) is 5.75 Å². The van der Waals surface area contributed by atoms with Crippen LogP contribution in [0.15, 0.2) is 24.8 Å². The molecule has 1 atom stereocenters. The van der Waals surface area contributed by atoms with E-state index in [2.05, 4.69) is 6.58 Å². The smallest absolute Gasteiger partial charge is 0.139 e. The van der Waals surface area contributed by atoms with Gasteiger partial charge in [-0.25, -0.2) is 0 Å². The molecular weight excluding hydrogens is 221 g/mol. The topological polar surface area (TPSA) is 46.2 Å².